The molecule has 27 heavy (non-hydrogen) atoms. The van der Waals surface area contributed by atoms with Gasteiger partial charge in [0.2, 0.25) is 5.89 Å². The fourth-order valence-corrected chi connectivity index (χ4v) is 4.75. The maximum absolute atomic E-state index is 13.2. The zero-order chi connectivity index (χ0) is 19.2. The Kier molecular flexibility index (Phi) is 4.30. The van der Waals surface area contributed by atoms with Gasteiger partial charge in [0.05, 0.1) is 5.56 Å². The van der Waals surface area contributed by atoms with Gasteiger partial charge in [-0.15, -0.1) is 10.2 Å². The lowest BCUT2D eigenvalue weighted by molar-refractivity contribution is 0.507. The van der Waals surface area contributed by atoms with Crippen LogP contribution in [0.1, 0.15) is 48.5 Å². The van der Waals surface area contributed by atoms with Crippen LogP contribution in [0, 0.1) is 13.8 Å². The van der Waals surface area contributed by atoms with Gasteiger partial charge in [-0.25, -0.2) is 8.42 Å². The predicted molar refractivity (Wildman–Crippen MR) is 102 cm³/mol. The molecule has 1 aromatic carbocycles. The van der Waals surface area contributed by atoms with Crippen molar-refractivity contribution in [1.29, 1.82) is 0 Å². The summed E-state index contributed by atoms with van der Waals surface area (Å²) < 4.78 is 34.8. The summed E-state index contributed by atoms with van der Waals surface area (Å²) >= 11 is 0. The summed E-state index contributed by atoms with van der Waals surface area (Å²) in [6, 6.07) is 7.38. The number of rotatable bonds is 6. The number of H-pyrrole nitrogens is 1. The summed E-state index contributed by atoms with van der Waals surface area (Å²) in [5.74, 6) is 1.12. The van der Waals surface area contributed by atoms with E-state index in [9.17, 15) is 8.42 Å². The molecule has 2 aromatic heterocycles. The SMILES string of the molecule is CCc1cccc(NS(=O)(=O)c2c(C)[nH]c(C)c2-c2nnc(C3CC3)o2)c1. The van der Waals surface area contributed by atoms with Crippen LogP contribution in [-0.2, 0) is 16.4 Å². The molecule has 2 heterocycles. The molecule has 0 radical (unpaired) electrons. The van der Waals surface area contributed by atoms with Crippen molar-refractivity contribution >= 4 is 15.7 Å². The van der Waals surface area contributed by atoms with Crippen LogP contribution < -0.4 is 4.72 Å². The molecule has 0 unspecified atom stereocenters. The van der Waals surface area contributed by atoms with E-state index in [0.717, 1.165) is 24.8 Å². The number of nitrogens with one attached hydrogen (secondary N) is 2. The van der Waals surface area contributed by atoms with Gasteiger partial charge in [0.15, 0.2) is 0 Å². The molecule has 0 atom stereocenters. The topological polar surface area (TPSA) is 101 Å². The Morgan fingerprint density at radius 1 is 1.22 bits per heavy atom. The Hall–Kier alpha value is -2.61. The lowest BCUT2D eigenvalue weighted by Gasteiger charge is -2.10. The maximum atomic E-state index is 13.2. The zero-order valence-corrected chi connectivity index (χ0v) is 16.4. The first kappa shape index (κ1) is 17.8. The van der Waals surface area contributed by atoms with E-state index in [2.05, 4.69) is 19.9 Å². The molecule has 0 saturated heterocycles. The van der Waals surface area contributed by atoms with Crippen molar-refractivity contribution < 1.29 is 12.8 Å². The average Bonchev–Trinajstić information content (AvgIpc) is 3.27. The second kappa shape index (κ2) is 6.53. The molecule has 0 amide bonds. The van der Waals surface area contributed by atoms with E-state index in [4.69, 9.17) is 4.42 Å². The molecule has 0 aliphatic heterocycles. The molecule has 3 aromatic rings. The number of aromatic amines is 1. The van der Waals surface area contributed by atoms with Gasteiger partial charge in [-0.05, 0) is 50.8 Å². The highest BCUT2D eigenvalue weighted by atomic mass is 32.2. The number of hydrogen-bond donors (Lipinski definition) is 2. The van der Waals surface area contributed by atoms with Crippen LogP contribution in [0.2, 0.25) is 0 Å². The summed E-state index contributed by atoms with van der Waals surface area (Å²) in [4.78, 5) is 3.24. The maximum Gasteiger partial charge on any atom is 0.264 e. The monoisotopic (exact) mass is 386 g/mol. The van der Waals surface area contributed by atoms with Crippen LogP contribution in [0.3, 0.4) is 0 Å². The number of anilines is 1. The minimum atomic E-state index is -3.83. The van der Waals surface area contributed by atoms with E-state index >= 15 is 0 Å². The fourth-order valence-electron chi connectivity index (χ4n) is 3.24. The van der Waals surface area contributed by atoms with Gasteiger partial charge in [-0.3, -0.25) is 4.72 Å². The van der Waals surface area contributed by atoms with Crippen LogP contribution in [0.15, 0.2) is 33.6 Å². The number of sulfonamides is 1. The fraction of sp³-hybridized carbons (Fsp3) is 0.368. The number of aryl methyl sites for hydroxylation is 3. The van der Waals surface area contributed by atoms with Crippen LogP contribution in [0.25, 0.3) is 11.5 Å². The van der Waals surface area contributed by atoms with E-state index in [-0.39, 0.29) is 10.8 Å². The summed E-state index contributed by atoms with van der Waals surface area (Å²) in [6.07, 6.45) is 2.90. The van der Waals surface area contributed by atoms with Gasteiger partial charge in [-0.2, -0.15) is 0 Å². The normalized spacial score (nSPS) is 14.5. The molecule has 0 bridgehead atoms. The lowest BCUT2D eigenvalue weighted by Crippen LogP contribution is -2.14. The van der Waals surface area contributed by atoms with E-state index in [1.165, 1.54) is 0 Å². The highest BCUT2D eigenvalue weighted by Crippen LogP contribution is 2.41. The van der Waals surface area contributed by atoms with Crippen molar-refractivity contribution in [2.45, 2.75) is 50.8 Å². The standard InChI is InChI=1S/C19H22N4O3S/c1-4-13-6-5-7-15(10-13)23-27(24,25)17-12(3)20-11(2)16(17)19-22-21-18(26-19)14-8-9-14/h5-7,10,14,20,23H,4,8-9H2,1-3H3. The molecule has 1 aliphatic carbocycles. The van der Waals surface area contributed by atoms with E-state index < -0.39 is 10.0 Å². The second-order valence-corrected chi connectivity index (χ2v) is 8.58. The largest absolute Gasteiger partial charge is 0.420 e. The molecule has 1 fully saturated rings. The molecule has 8 heteroatoms. The Balaban J connectivity index is 1.75. The highest BCUT2D eigenvalue weighted by Gasteiger charge is 2.33. The molecule has 7 nitrogen and oxygen atoms in total. The van der Waals surface area contributed by atoms with Gasteiger partial charge >= 0.3 is 0 Å². The quantitative estimate of drug-likeness (QED) is 0.669. The highest BCUT2D eigenvalue weighted by molar-refractivity contribution is 7.93. The van der Waals surface area contributed by atoms with Crippen molar-refractivity contribution in [3.8, 4) is 11.5 Å². The number of nitrogens with zero attached hydrogens (tertiary/aromatic N) is 2. The zero-order valence-electron chi connectivity index (χ0n) is 15.5. The Labute approximate surface area is 158 Å². The third-order valence-electron chi connectivity index (χ3n) is 4.75. The minimum absolute atomic E-state index is 0.146. The summed E-state index contributed by atoms with van der Waals surface area (Å²) in [7, 11) is -3.83. The van der Waals surface area contributed by atoms with Crippen LogP contribution in [-0.4, -0.2) is 23.6 Å². The lowest BCUT2D eigenvalue weighted by atomic mass is 10.1. The van der Waals surface area contributed by atoms with Crippen molar-refractivity contribution in [3.05, 3.63) is 47.1 Å². The summed E-state index contributed by atoms with van der Waals surface area (Å²) in [5, 5.41) is 8.19. The van der Waals surface area contributed by atoms with Gasteiger partial charge in [0.1, 0.15) is 4.90 Å². The molecule has 0 spiro atoms. The smallest absolute Gasteiger partial charge is 0.264 e. The molecular weight excluding hydrogens is 364 g/mol. The second-order valence-electron chi connectivity index (χ2n) is 6.96. The van der Waals surface area contributed by atoms with Crippen molar-refractivity contribution in [2.24, 2.45) is 0 Å². The predicted octanol–water partition coefficient (Wildman–Crippen LogP) is 3.92. The first-order valence-electron chi connectivity index (χ1n) is 9.03. The van der Waals surface area contributed by atoms with Gasteiger partial charge in [0.25, 0.3) is 15.9 Å². The molecule has 142 valence electrons. The molecule has 2 N–H and O–H groups in total. The summed E-state index contributed by atoms with van der Waals surface area (Å²) in [6.45, 7) is 5.56. The Bertz CT molecular complexity index is 1090. The molecule has 4 rings (SSSR count). The van der Waals surface area contributed by atoms with Crippen molar-refractivity contribution in [3.63, 3.8) is 0 Å². The summed E-state index contributed by atoms with van der Waals surface area (Å²) in [5.41, 5.74) is 3.24. The Morgan fingerprint density at radius 3 is 2.70 bits per heavy atom. The average molecular weight is 386 g/mol. The van der Waals surface area contributed by atoms with Crippen LogP contribution in [0.5, 0.6) is 0 Å². The van der Waals surface area contributed by atoms with Gasteiger partial charge < -0.3 is 9.40 Å². The van der Waals surface area contributed by atoms with Gasteiger partial charge in [0, 0.05) is 23.0 Å². The van der Waals surface area contributed by atoms with E-state index in [1.54, 1.807) is 19.9 Å². The number of hydrogen-bond acceptors (Lipinski definition) is 5. The van der Waals surface area contributed by atoms with Crippen molar-refractivity contribution in [1.82, 2.24) is 15.2 Å². The van der Waals surface area contributed by atoms with Gasteiger partial charge in [-0.1, -0.05) is 19.1 Å². The minimum Gasteiger partial charge on any atom is -0.420 e. The van der Waals surface area contributed by atoms with Crippen molar-refractivity contribution in [2.75, 3.05) is 4.72 Å². The third-order valence-corrected chi connectivity index (χ3v) is 6.31. The van der Waals surface area contributed by atoms with E-state index in [1.807, 2.05) is 25.1 Å². The van der Waals surface area contributed by atoms with Crippen LogP contribution in [0.4, 0.5) is 5.69 Å². The first-order valence-corrected chi connectivity index (χ1v) is 10.5. The number of benzene rings is 1. The third kappa shape index (κ3) is 3.37. The van der Waals surface area contributed by atoms with Crippen LogP contribution >= 0.6 is 0 Å². The molecular formula is C19H22N4O3S. The molecule has 1 saturated carbocycles. The first-order chi connectivity index (χ1) is 12.9. The number of aromatic nitrogens is 3. The molecule has 1 aliphatic rings. The Morgan fingerprint density at radius 2 is 2.00 bits per heavy atom. The van der Waals surface area contributed by atoms with E-state index in [0.29, 0.717) is 34.4 Å².